The van der Waals surface area contributed by atoms with Gasteiger partial charge in [-0.05, 0) is 13.3 Å². The van der Waals surface area contributed by atoms with Crippen molar-refractivity contribution in [1.29, 1.82) is 0 Å². The van der Waals surface area contributed by atoms with Gasteiger partial charge in [-0.3, -0.25) is 10.1 Å². The summed E-state index contributed by atoms with van der Waals surface area (Å²) in [6, 6.07) is -0.828. The van der Waals surface area contributed by atoms with Gasteiger partial charge in [0.05, 0.1) is 19.3 Å². The number of aromatic nitrogens is 2. The first-order valence-corrected chi connectivity index (χ1v) is 7.48. The van der Waals surface area contributed by atoms with Crippen molar-refractivity contribution in [3.63, 3.8) is 0 Å². The molecule has 1 aliphatic rings. The topological polar surface area (TPSA) is 105 Å². The standard InChI is InChI=1S/C12H18N4O4S/c1-3-4-16(9-6-20-5-8(9)10(17)18)12(19)14-11-13-7(2)15-21-11/h8-9H,3-6H2,1-2H3,(H,17,18)(H,13,14,15,19). The van der Waals surface area contributed by atoms with Crippen LogP contribution in [0.1, 0.15) is 19.2 Å². The summed E-state index contributed by atoms with van der Waals surface area (Å²) in [6.07, 6.45) is 0.728. The molecule has 1 fully saturated rings. The largest absolute Gasteiger partial charge is 0.481 e. The molecule has 2 atom stereocenters. The van der Waals surface area contributed by atoms with E-state index in [0.29, 0.717) is 17.5 Å². The number of aliphatic carboxylic acids is 1. The van der Waals surface area contributed by atoms with Crippen LogP contribution in [-0.4, -0.2) is 57.2 Å². The molecule has 0 spiro atoms. The second kappa shape index (κ2) is 6.81. The van der Waals surface area contributed by atoms with Crippen LogP contribution < -0.4 is 5.32 Å². The Morgan fingerprint density at radius 1 is 1.52 bits per heavy atom. The molecule has 2 unspecified atom stereocenters. The van der Waals surface area contributed by atoms with Gasteiger partial charge in [0.25, 0.3) is 0 Å². The summed E-state index contributed by atoms with van der Waals surface area (Å²) < 4.78 is 9.23. The lowest BCUT2D eigenvalue weighted by Gasteiger charge is -2.29. The van der Waals surface area contributed by atoms with Crippen LogP contribution in [0.25, 0.3) is 0 Å². The molecule has 1 aromatic rings. The quantitative estimate of drug-likeness (QED) is 0.846. The van der Waals surface area contributed by atoms with Crippen LogP contribution in [0.3, 0.4) is 0 Å². The lowest BCUT2D eigenvalue weighted by molar-refractivity contribution is -0.142. The van der Waals surface area contributed by atoms with Gasteiger partial charge in [0.2, 0.25) is 5.13 Å². The second-order valence-corrected chi connectivity index (χ2v) is 5.57. The van der Waals surface area contributed by atoms with Crippen molar-refractivity contribution in [3.05, 3.63) is 5.82 Å². The van der Waals surface area contributed by atoms with Gasteiger partial charge >= 0.3 is 12.0 Å². The van der Waals surface area contributed by atoms with Gasteiger partial charge in [0.15, 0.2) is 0 Å². The first-order valence-electron chi connectivity index (χ1n) is 6.71. The molecule has 0 aromatic carbocycles. The van der Waals surface area contributed by atoms with Crippen molar-refractivity contribution < 1.29 is 19.4 Å². The van der Waals surface area contributed by atoms with Crippen molar-refractivity contribution in [1.82, 2.24) is 14.3 Å². The van der Waals surface area contributed by atoms with E-state index in [1.807, 2.05) is 6.92 Å². The van der Waals surface area contributed by atoms with Crippen LogP contribution in [0.5, 0.6) is 0 Å². The fourth-order valence-corrected chi connectivity index (χ4v) is 2.82. The van der Waals surface area contributed by atoms with Crippen LogP contribution in [0.2, 0.25) is 0 Å². The maximum Gasteiger partial charge on any atom is 0.324 e. The van der Waals surface area contributed by atoms with Crippen molar-refractivity contribution in [2.45, 2.75) is 26.3 Å². The van der Waals surface area contributed by atoms with Gasteiger partial charge < -0.3 is 14.7 Å². The number of hydrogen-bond donors (Lipinski definition) is 2. The number of nitrogens with one attached hydrogen (secondary N) is 1. The Kier molecular flexibility index (Phi) is 5.07. The number of hydrogen-bond acceptors (Lipinski definition) is 6. The van der Waals surface area contributed by atoms with E-state index in [4.69, 9.17) is 4.74 Å². The fraction of sp³-hybridized carbons (Fsp3) is 0.667. The Morgan fingerprint density at radius 3 is 2.86 bits per heavy atom. The highest BCUT2D eigenvalue weighted by molar-refractivity contribution is 7.09. The Bertz CT molecular complexity index is 521. The van der Waals surface area contributed by atoms with E-state index in [1.165, 1.54) is 4.90 Å². The number of aryl methyl sites for hydroxylation is 1. The van der Waals surface area contributed by atoms with E-state index in [0.717, 1.165) is 18.0 Å². The zero-order chi connectivity index (χ0) is 15.4. The fourth-order valence-electron chi connectivity index (χ4n) is 2.26. The summed E-state index contributed by atoms with van der Waals surface area (Å²) in [6.45, 7) is 4.49. The number of ether oxygens (including phenoxy) is 1. The molecule has 9 heteroatoms. The number of urea groups is 1. The van der Waals surface area contributed by atoms with Gasteiger partial charge in [-0.25, -0.2) is 9.78 Å². The number of nitrogens with zero attached hydrogens (tertiary/aromatic N) is 3. The number of anilines is 1. The first-order chi connectivity index (χ1) is 10.0. The Balaban J connectivity index is 2.10. The molecule has 2 heterocycles. The van der Waals surface area contributed by atoms with Crippen molar-refractivity contribution in [2.75, 3.05) is 25.1 Å². The summed E-state index contributed by atoms with van der Waals surface area (Å²) >= 11 is 1.10. The molecule has 0 aliphatic carbocycles. The summed E-state index contributed by atoms with van der Waals surface area (Å²) in [7, 11) is 0. The number of amides is 2. The van der Waals surface area contributed by atoms with Crippen LogP contribution in [0.4, 0.5) is 9.93 Å². The van der Waals surface area contributed by atoms with E-state index in [9.17, 15) is 14.7 Å². The van der Waals surface area contributed by atoms with Crippen LogP contribution in [-0.2, 0) is 9.53 Å². The molecule has 1 aromatic heterocycles. The van der Waals surface area contributed by atoms with Crippen LogP contribution >= 0.6 is 11.5 Å². The van der Waals surface area contributed by atoms with Crippen molar-refractivity contribution in [3.8, 4) is 0 Å². The summed E-state index contributed by atoms with van der Waals surface area (Å²) in [4.78, 5) is 29.2. The van der Waals surface area contributed by atoms with E-state index < -0.39 is 17.9 Å². The number of carboxylic acids is 1. The maximum absolute atomic E-state index is 12.4. The Hall–Kier alpha value is -1.74. The summed E-state index contributed by atoms with van der Waals surface area (Å²) in [5, 5.41) is 12.3. The molecule has 2 N–H and O–H groups in total. The summed E-state index contributed by atoms with van der Waals surface area (Å²) in [5.74, 6) is -1.05. The normalized spacial score (nSPS) is 21.2. The Morgan fingerprint density at radius 2 is 2.29 bits per heavy atom. The van der Waals surface area contributed by atoms with E-state index >= 15 is 0 Å². The van der Waals surface area contributed by atoms with Gasteiger partial charge in [0, 0.05) is 18.1 Å². The predicted molar refractivity (Wildman–Crippen MR) is 76.4 cm³/mol. The molecule has 1 aliphatic heterocycles. The molecular formula is C12H18N4O4S. The lowest BCUT2D eigenvalue weighted by Crippen LogP contribution is -2.48. The van der Waals surface area contributed by atoms with Crippen LogP contribution in [0, 0.1) is 12.8 Å². The second-order valence-electron chi connectivity index (χ2n) is 4.82. The first kappa shape index (κ1) is 15.6. The minimum Gasteiger partial charge on any atom is -0.481 e. The average molecular weight is 314 g/mol. The van der Waals surface area contributed by atoms with Gasteiger partial charge in [0.1, 0.15) is 11.7 Å². The smallest absolute Gasteiger partial charge is 0.324 e. The third-order valence-corrected chi connectivity index (χ3v) is 3.96. The molecule has 2 rings (SSSR count). The third-order valence-electron chi connectivity index (χ3n) is 3.23. The Labute approximate surface area is 126 Å². The molecule has 21 heavy (non-hydrogen) atoms. The van der Waals surface area contributed by atoms with Crippen molar-refractivity contribution in [2.24, 2.45) is 5.92 Å². The van der Waals surface area contributed by atoms with E-state index in [-0.39, 0.29) is 19.2 Å². The van der Waals surface area contributed by atoms with Crippen molar-refractivity contribution >= 4 is 28.7 Å². The number of carbonyl (C=O) groups is 2. The molecule has 1 saturated heterocycles. The number of carboxylic acid groups (broad SMARTS) is 1. The summed E-state index contributed by atoms with van der Waals surface area (Å²) in [5.41, 5.74) is 0. The zero-order valence-corrected chi connectivity index (χ0v) is 12.7. The molecule has 0 radical (unpaired) electrons. The molecule has 8 nitrogen and oxygen atoms in total. The highest BCUT2D eigenvalue weighted by Gasteiger charge is 2.39. The van der Waals surface area contributed by atoms with Gasteiger partial charge in [-0.15, -0.1) is 0 Å². The highest BCUT2D eigenvalue weighted by atomic mass is 32.1. The molecule has 2 amide bonds. The molecule has 0 saturated carbocycles. The average Bonchev–Trinajstić information content (AvgIpc) is 3.05. The third kappa shape index (κ3) is 3.67. The van der Waals surface area contributed by atoms with E-state index in [2.05, 4.69) is 14.7 Å². The minimum absolute atomic E-state index is 0.130. The number of rotatable bonds is 5. The SMILES string of the molecule is CCCN(C(=O)Nc1nc(C)ns1)C1COCC1C(=O)O. The molecular weight excluding hydrogens is 296 g/mol. The zero-order valence-electron chi connectivity index (χ0n) is 11.9. The van der Waals surface area contributed by atoms with Gasteiger partial charge in [-0.1, -0.05) is 6.92 Å². The maximum atomic E-state index is 12.4. The monoisotopic (exact) mass is 314 g/mol. The molecule has 0 bridgehead atoms. The molecule has 116 valence electrons. The van der Waals surface area contributed by atoms with Gasteiger partial charge in [-0.2, -0.15) is 4.37 Å². The predicted octanol–water partition coefficient (Wildman–Crippen LogP) is 1.19. The highest BCUT2D eigenvalue weighted by Crippen LogP contribution is 2.22. The lowest BCUT2D eigenvalue weighted by atomic mass is 10.0. The number of carbonyl (C=O) groups excluding carboxylic acids is 1. The van der Waals surface area contributed by atoms with Crippen LogP contribution in [0.15, 0.2) is 0 Å². The van der Waals surface area contributed by atoms with E-state index in [1.54, 1.807) is 6.92 Å². The minimum atomic E-state index is -0.946.